The van der Waals surface area contributed by atoms with Crippen molar-refractivity contribution in [1.82, 2.24) is 0 Å². The molecule has 0 unspecified atom stereocenters. The molecule has 0 fully saturated rings. The highest BCUT2D eigenvalue weighted by molar-refractivity contribution is 6.31. The van der Waals surface area contributed by atoms with E-state index in [0.717, 1.165) is 23.1 Å². The molecule has 6 aromatic carbocycles. The number of allylic oxidation sites excluding steroid dienone is 4. The molecule has 0 bridgehead atoms. The third-order valence-corrected chi connectivity index (χ3v) is 8.82. The highest BCUT2D eigenvalue weighted by atomic mass is 35.5. The summed E-state index contributed by atoms with van der Waals surface area (Å²) in [6.45, 7) is 0. The topological polar surface area (TPSA) is 0 Å². The quantitative estimate of drug-likeness (QED) is 0.188. The van der Waals surface area contributed by atoms with Gasteiger partial charge in [0, 0.05) is 10.0 Å². The molecule has 0 saturated heterocycles. The van der Waals surface area contributed by atoms with Gasteiger partial charge in [0.2, 0.25) is 0 Å². The predicted molar refractivity (Wildman–Crippen MR) is 176 cm³/mol. The van der Waals surface area contributed by atoms with Gasteiger partial charge in [-0.15, -0.1) is 0 Å². The van der Waals surface area contributed by atoms with Gasteiger partial charge in [0.25, 0.3) is 0 Å². The summed E-state index contributed by atoms with van der Waals surface area (Å²) in [5, 5.41) is 9.01. The van der Waals surface area contributed by atoms with Gasteiger partial charge in [-0.25, -0.2) is 0 Å². The molecular weight excluding hydrogens is 539 g/mol. The van der Waals surface area contributed by atoms with Crippen LogP contribution in [0.1, 0.15) is 28.7 Å². The third kappa shape index (κ3) is 3.90. The molecular formula is C39H24Cl2. The first-order chi connectivity index (χ1) is 20.2. The lowest BCUT2D eigenvalue weighted by atomic mass is 9.84. The maximum Gasteiger partial charge on any atom is 0.0412 e. The lowest BCUT2D eigenvalue weighted by Crippen LogP contribution is -2.20. The van der Waals surface area contributed by atoms with E-state index in [-0.39, 0.29) is 0 Å². The normalized spacial score (nSPS) is 13.3. The summed E-state index contributed by atoms with van der Waals surface area (Å²) >= 11 is 13.2. The molecule has 0 atom stereocenters. The number of hydrogen-bond donors (Lipinski definition) is 0. The largest absolute Gasteiger partial charge is 0.0843 e. The van der Waals surface area contributed by atoms with E-state index in [4.69, 9.17) is 23.2 Å². The van der Waals surface area contributed by atoms with Gasteiger partial charge in [-0.1, -0.05) is 126 Å². The van der Waals surface area contributed by atoms with Gasteiger partial charge in [0.15, 0.2) is 0 Å². The van der Waals surface area contributed by atoms with Crippen LogP contribution < -0.4 is 10.4 Å². The van der Waals surface area contributed by atoms with Crippen molar-refractivity contribution in [2.45, 2.75) is 6.42 Å². The highest BCUT2D eigenvalue weighted by Gasteiger charge is 2.25. The van der Waals surface area contributed by atoms with E-state index < -0.39 is 0 Å². The molecule has 2 aliphatic carbocycles. The van der Waals surface area contributed by atoms with E-state index in [2.05, 4.69) is 109 Å². The molecule has 194 valence electrons. The number of benzene rings is 6. The second-order valence-corrected chi connectivity index (χ2v) is 11.6. The zero-order valence-corrected chi connectivity index (χ0v) is 23.7. The van der Waals surface area contributed by atoms with Crippen molar-refractivity contribution in [3.8, 4) is 11.1 Å². The summed E-state index contributed by atoms with van der Waals surface area (Å²) in [6, 6.07) is 38.5. The molecule has 0 nitrogen and oxygen atoms in total. The van der Waals surface area contributed by atoms with Crippen LogP contribution in [0.25, 0.3) is 49.9 Å². The number of fused-ring (bicyclic) bond motifs is 8. The summed E-state index contributed by atoms with van der Waals surface area (Å²) < 4.78 is 0. The molecule has 0 spiro atoms. The van der Waals surface area contributed by atoms with Gasteiger partial charge < -0.3 is 0 Å². The van der Waals surface area contributed by atoms with Crippen LogP contribution in [0.4, 0.5) is 0 Å². The van der Waals surface area contributed by atoms with Gasteiger partial charge in [0.05, 0.1) is 0 Å². The maximum absolute atomic E-state index is 6.58. The van der Waals surface area contributed by atoms with Crippen LogP contribution in [0.15, 0.2) is 127 Å². The second kappa shape index (κ2) is 9.63. The van der Waals surface area contributed by atoms with E-state index >= 15 is 0 Å². The fraction of sp³-hybridized carbons (Fsp3) is 0.0256. The minimum atomic E-state index is 0.711. The smallest absolute Gasteiger partial charge is 0.0412 e. The molecule has 41 heavy (non-hydrogen) atoms. The number of rotatable bonds is 3. The monoisotopic (exact) mass is 562 g/mol. The van der Waals surface area contributed by atoms with E-state index in [9.17, 15) is 0 Å². The van der Waals surface area contributed by atoms with Gasteiger partial charge in [-0.3, -0.25) is 0 Å². The van der Waals surface area contributed by atoms with Crippen LogP contribution in [0.5, 0.6) is 0 Å². The minimum Gasteiger partial charge on any atom is -0.0843 e. The highest BCUT2D eigenvalue weighted by Crippen LogP contribution is 2.43. The summed E-state index contributed by atoms with van der Waals surface area (Å²) in [7, 11) is 0. The molecule has 0 aliphatic heterocycles. The first-order valence-electron chi connectivity index (χ1n) is 13.9. The molecule has 2 aliphatic rings. The van der Waals surface area contributed by atoms with Crippen LogP contribution in [-0.2, 0) is 0 Å². The molecule has 0 heterocycles. The van der Waals surface area contributed by atoms with Crippen molar-refractivity contribution >= 4 is 62.0 Å². The van der Waals surface area contributed by atoms with Crippen molar-refractivity contribution in [2.75, 3.05) is 0 Å². The summed E-state index contributed by atoms with van der Waals surface area (Å²) in [4.78, 5) is 0. The molecule has 0 N–H and O–H groups in total. The van der Waals surface area contributed by atoms with Crippen LogP contribution >= 0.6 is 23.2 Å². The summed E-state index contributed by atoms with van der Waals surface area (Å²) in [6.07, 6.45) is 9.97. The first kappa shape index (κ1) is 24.4. The Kier molecular flexibility index (Phi) is 5.74. The Hall–Kier alpha value is -4.36. The molecule has 6 aromatic rings. The fourth-order valence-corrected chi connectivity index (χ4v) is 7.07. The van der Waals surface area contributed by atoms with Gasteiger partial charge in [0.1, 0.15) is 0 Å². The molecule has 0 saturated carbocycles. The zero-order chi connectivity index (χ0) is 27.5. The van der Waals surface area contributed by atoms with Gasteiger partial charge in [-0.2, -0.15) is 0 Å². The average Bonchev–Trinajstić information content (AvgIpc) is 3.67. The fourth-order valence-electron chi connectivity index (χ4n) is 6.69. The predicted octanol–water partition coefficient (Wildman–Crippen LogP) is 9.70. The van der Waals surface area contributed by atoms with Crippen molar-refractivity contribution < 1.29 is 0 Å². The number of halogens is 2. The Morgan fingerprint density at radius 1 is 0.561 bits per heavy atom. The van der Waals surface area contributed by atoms with E-state index in [1.54, 1.807) is 0 Å². The Morgan fingerprint density at radius 2 is 1.20 bits per heavy atom. The van der Waals surface area contributed by atoms with Crippen LogP contribution in [0.2, 0.25) is 10.0 Å². The molecule has 0 aromatic heterocycles. The summed E-state index contributed by atoms with van der Waals surface area (Å²) in [5.41, 5.74) is 9.77. The van der Waals surface area contributed by atoms with E-state index in [1.165, 1.54) is 59.8 Å². The van der Waals surface area contributed by atoms with Crippen molar-refractivity contribution in [3.05, 3.63) is 170 Å². The van der Waals surface area contributed by atoms with Crippen molar-refractivity contribution in [3.63, 3.8) is 0 Å². The lowest BCUT2D eigenvalue weighted by molar-refractivity contribution is 1.38. The number of hydrogen-bond acceptors (Lipinski definition) is 0. The van der Waals surface area contributed by atoms with E-state index in [0.29, 0.717) is 10.0 Å². The Balaban J connectivity index is 1.59. The molecule has 0 radical (unpaired) electrons. The van der Waals surface area contributed by atoms with Crippen LogP contribution in [-0.4, -0.2) is 0 Å². The maximum atomic E-state index is 6.58. The molecule has 2 heteroatoms. The average molecular weight is 564 g/mol. The second-order valence-electron chi connectivity index (χ2n) is 10.7. The molecule has 8 rings (SSSR count). The lowest BCUT2D eigenvalue weighted by Gasteiger charge is -2.18. The van der Waals surface area contributed by atoms with Crippen molar-refractivity contribution in [2.24, 2.45) is 0 Å². The van der Waals surface area contributed by atoms with Gasteiger partial charge >= 0.3 is 0 Å². The Labute approximate surface area is 248 Å². The zero-order valence-electron chi connectivity index (χ0n) is 22.2. The summed E-state index contributed by atoms with van der Waals surface area (Å²) in [5.74, 6) is 0. The minimum absolute atomic E-state index is 0.711. The first-order valence-corrected chi connectivity index (χ1v) is 14.6. The van der Waals surface area contributed by atoms with Crippen LogP contribution in [0.3, 0.4) is 0 Å². The Bertz CT molecular complexity index is 2200. The molecule has 0 amide bonds. The standard InChI is InChI=1S/C39H24Cl2/c40-28-13-7-11-25(21-28)36(26-12-8-14-29(41)22-26)34-20-19-27-23-35-32-17-4-3-15-30(32)31-16-5-6-18-33(31)39(35)38(27)37(34)24-9-1-2-10-24/h1-9,11-23H,10H2. The van der Waals surface area contributed by atoms with Gasteiger partial charge in [-0.05, 0) is 113 Å². The van der Waals surface area contributed by atoms with E-state index in [1.807, 2.05) is 24.3 Å². The Morgan fingerprint density at radius 3 is 1.83 bits per heavy atom. The SMILES string of the molecule is Clc1cccc(C(c2cccc(Cl)c2)=c2ccc3c(c2C2=CC=CC2)-c2c(c4ccccc4c4ccccc24)C=3)c1. The van der Waals surface area contributed by atoms with Crippen molar-refractivity contribution in [1.29, 1.82) is 0 Å². The third-order valence-electron chi connectivity index (χ3n) is 8.35. The van der Waals surface area contributed by atoms with Crippen LogP contribution in [0, 0.1) is 0 Å².